The van der Waals surface area contributed by atoms with Crippen LogP contribution in [0.4, 0.5) is 11.4 Å². The summed E-state index contributed by atoms with van der Waals surface area (Å²) in [5.41, 5.74) is 3.59. The van der Waals surface area contributed by atoms with Crippen LogP contribution in [0.3, 0.4) is 0 Å². The fraction of sp³-hybridized carbons (Fsp3) is 0.318. The van der Waals surface area contributed by atoms with Crippen LogP contribution in [-0.4, -0.2) is 29.4 Å². The number of para-hydroxylation sites is 1. The number of nitrogens with one attached hydrogen (secondary N) is 1. The maximum atomic E-state index is 12.3. The zero-order valence-corrected chi connectivity index (χ0v) is 15.9. The first-order valence-corrected chi connectivity index (χ1v) is 9.44. The van der Waals surface area contributed by atoms with Crippen molar-refractivity contribution >= 4 is 29.2 Å². The maximum Gasteiger partial charge on any atom is 0.306 e. The van der Waals surface area contributed by atoms with Gasteiger partial charge in [0.2, 0.25) is 11.8 Å². The average molecular weight is 380 g/mol. The predicted octanol–water partition coefficient (Wildman–Crippen LogP) is 3.26. The third kappa shape index (κ3) is 4.76. The molecule has 0 saturated heterocycles. The van der Waals surface area contributed by atoms with Gasteiger partial charge in [-0.2, -0.15) is 0 Å². The molecule has 6 nitrogen and oxygen atoms in total. The molecule has 0 radical (unpaired) electrons. The molecule has 6 heteroatoms. The van der Waals surface area contributed by atoms with Crippen molar-refractivity contribution in [3.05, 3.63) is 59.7 Å². The highest BCUT2D eigenvalue weighted by molar-refractivity contribution is 5.98. The van der Waals surface area contributed by atoms with Gasteiger partial charge in [0.05, 0.1) is 5.92 Å². The van der Waals surface area contributed by atoms with Gasteiger partial charge in [-0.15, -0.1) is 0 Å². The molecule has 0 fully saturated rings. The summed E-state index contributed by atoms with van der Waals surface area (Å²) in [6.07, 6.45) is 1.86. The topological polar surface area (TPSA) is 86.7 Å². The highest BCUT2D eigenvalue weighted by atomic mass is 16.4. The summed E-state index contributed by atoms with van der Waals surface area (Å²) in [6, 6.07) is 15.0. The van der Waals surface area contributed by atoms with Gasteiger partial charge in [0.25, 0.3) is 0 Å². The molecule has 1 unspecified atom stereocenters. The van der Waals surface area contributed by atoms with Crippen molar-refractivity contribution in [3.8, 4) is 0 Å². The van der Waals surface area contributed by atoms with Gasteiger partial charge in [-0.05, 0) is 42.2 Å². The van der Waals surface area contributed by atoms with E-state index in [9.17, 15) is 14.4 Å². The third-order valence-corrected chi connectivity index (χ3v) is 4.96. The Morgan fingerprint density at radius 3 is 2.54 bits per heavy atom. The van der Waals surface area contributed by atoms with E-state index >= 15 is 0 Å². The largest absolute Gasteiger partial charge is 0.481 e. The normalized spacial score (nSPS) is 14.3. The molecular formula is C22H24N2O4. The van der Waals surface area contributed by atoms with Crippen LogP contribution in [-0.2, 0) is 27.2 Å². The number of nitrogens with zero attached hydrogens (tertiary/aromatic N) is 1. The molecule has 2 aromatic rings. The van der Waals surface area contributed by atoms with Gasteiger partial charge in [0.1, 0.15) is 0 Å². The van der Waals surface area contributed by atoms with Crippen molar-refractivity contribution in [1.29, 1.82) is 0 Å². The van der Waals surface area contributed by atoms with Gasteiger partial charge >= 0.3 is 5.97 Å². The summed E-state index contributed by atoms with van der Waals surface area (Å²) < 4.78 is 0. The Morgan fingerprint density at radius 1 is 1.11 bits per heavy atom. The lowest BCUT2D eigenvalue weighted by Crippen LogP contribution is -2.37. The molecule has 1 atom stereocenters. The summed E-state index contributed by atoms with van der Waals surface area (Å²) in [6.45, 7) is 2.01. The molecule has 0 saturated carbocycles. The van der Waals surface area contributed by atoms with Crippen molar-refractivity contribution in [1.82, 2.24) is 0 Å². The number of aryl methyl sites for hydroxylation is 1. The van der Waals surface area contributed by atoms with Crippen molar-refractivity contribution < 1.29 is 19.5 Å². The lowest BCUT2D eigenvalue weighted by atomic mass is 10.0. The minimum atomic E-state index is -0.828. The fourth-order valence-electron chi connectivity index (χ4n) is 3.34. The Bertz CT molecular complexity index is 876. The summed E-state index contributed by atoms with van der Waals surface area (Å²) in [7, 11) is 0. The van der Waals surface area contributed by atoms with Crippen LogP contribution >= 0.6 is 0 Å². The molecule has 2 aromatic carbocycles. The highest BCUT2D eigenvalue weighted by Crippen LogP contribution is 2.27. The predicted molar refractivity (Wildman–Crippen MR) is 107 cm³/mol. The SMILES string of the molecule is CC(Cc1ccc(NC(=O)CCN2C(=O)CCc3ccccc32)cc1)C(=O)O. The fourth-order valence-corrected chi connectivity index (χ4v) is 3.34. The van der Waals surface area contributed by atoms with Gasteiger partial charge in [-0.25, -0.2) is 0 Å². The molecule has 0 aromatic heterocycles. The number of hydrogen-bond acceptors (Lipinski definition) is 3. The molecule has 28 heavy (non-hydrogen) atoms. The maximum absolute atomic E-state index is 12.3. The zero-order chi connectivity index (χ0) is 20.1. The van der Waals surface area contributed by atoms with Crippen LogP contribution < -0.4 is 10.2 Å². The molecule has 0 spiro atoms. The molecule has 0 bridgehead atoms. The number of carbonyl (C=O) groups excluding carboxylic acids is 2. The minimum absolute atomic E-state index is 0.0448. The molecule has 1 aliphatic heterocycles. The van der Waals surface area contributed by atoms with Gasteiger partial charge in [0.15, 0.2) is 0 Å². The van der Waals surface area contributed by atoms with Crippen molar-refractivity contribution in [2.24, 2.45) is 5.92 Å². The third-order valence-electron chi connectivity index (χ3n) is 4.96. The Labute approximate surface area is 164 Å². The Hall–Kier alpha value is -3.15. The average Bonchev–Trinajstić information content (AvgIpc) is 2.68. The van der Waals surface area contributed by atoms with Crippen LogP contribution in [0, 0.1) is 5.92 Å². The van der Waals surface area contributed by atoms with E-state index in [0.29, 0.717) is 25.1 Å². The number of carboxylic acid groups (broad SMARTS) is 1. The summed E-state index contributed by atoms with van der Waals surface area (Å²) >= 11 is 0. The number of aliphatic carboxylic acids is 1. The molecule has 0 aliphatic carbocycles. The molecule has 2 amide bonds. The van der Waals surface area contributed by atoms with Crippen LogP contribution in [0.15, 0.2) is 48.5 Å². The van der Waals surface area contributed by atoms with Crippen LogP contribution in [0.25, 0.3) is 0 Å². The number of benzene rings is 2. The minimum Gasteiger partial charge on any atom is -0.481 e. The Morgan fingerprint density at radius 2 is 1.82 bits per heavy atom. The second-order valence-corrected chi connectivity index (χ2v) is 7.11. The van der Waals surface area contributed by atoms with E-state index in [-0.39, 0.29) is 18.2 Å². The number of carboxylic acids is 1. The van der Waals surface area contributed by atoms with Gasteiger partial charge < -0.3 is 15.3 Å². The lowest BCUT2D eigenvalue weighted by molar-refractivity contribution is -0.141. The lowest BCUT2D eigenvalue weighted by Gasteiger charge is -2.29. The number of amides is 2. The Kier molecular flexibility index (Phi) is 6.09. The van der Waals surface area contributed by atoms with E-state index < -0.39 is 11.9 Å². The van der Waals surface area contributed by atoms with E-state index in [1.165, 1.54) is 0 Å². The van der Waals surface area contributed by atoms with E-state index in [2.05, 4.69) is 5.32 Å². The number of hydrogen-bond donors (Lipinski definition) is 2. The standard InChI is InChI=1S/C22H24N2O4/c1-15(22(27)28)14-16-6-9-18(10-7-16)23-20(25)12-13-24-19-5-3-2-4-17(19)8-11-21(24)26/h2-7,9-10,15H,8,11-14H2,1H3,(H,23,25)(H,27,28). The first kappa shape index (κ1) is 19.6. The van der Waals surface area contributed by atoms with Crippen molar-refractivity contribution in [3.63, 3.8) is 0 Å². The van der Waals surface area contributed by atoms with Crippen LogP contribution in [0.1, 0.15) is 30.9 Å². The summed E-state index contributed by atoms with van der Waals surface area (Å²) in [5.74, 6) is -1.40. The smallest absolute Gasteiger partial charge is 0.306 e. The Balaban J connectivity index is 1.55. The molecule has 2 N–H and O–H groups in total. The van der Waals surface area contributed by atoms with Crippen LogP contribution in [0.2, 0.25) is 0 Å². The molecule has 1 aliphatic rings. The monoisotopic (exact) mass is 380 g/mol. The quantitative estimate of drug-likeness (QED) is 0.772. The summed E-state index contributed by atoms with van der Waals surface area (Å²) in [5, 5.41) is 11.8. The molecule has 3 rings (SSSR count). The van der Waals surface area contributed by atoms with Crippen molar-refractivity contribution in [2.45, 2.75) is 32.6 Å². The van der Waals surface area contributed by atoms with Crippen molar-refractivity contribution in [2.75, 3.05) is 16.8 Å². The first-order chi connectivity index (χ1) is 13.4. The summed E-state index contributed by atoms with van der Waals surface area (Å²) in [4.78, 5) is 37.2. The zero-order valence-electron chi connectivity index (χ0n) is 15.9. The second kappa shape index (κ2) is 8.69. The van der Waals surface area contributed by atoms with E-state index in [1.54, 1.807) is 24.0 Å². The van der Waals surface area contributed by atoms with E-state index in [0.717, 1.165) is 23.2 Å². The van der Waals surface area contributed by atoms with Gasteiger partial charge in [0, 0.05) is 30.8 Å². The highest BCUT2D eigenvalue weighted by Gasteiger charge is 2.24. The molecule has 1 heterocycles. The molecular weight excluding hydrogens is 356 g/mol. The van der Waals surface area contributed by atoms with E-state index in [4.69, 9.17) is 5.11 Å². The van der Waals surface area contributed by atoms with E-state index in [1.807, 2.05) is 36.4 Å². The number of carbonyl (C=O) groups is 3. The van der Waals surface area contributed by atoms with Crippen LogP contribution in [0.5, 0.6) is 0 Å². The number of anilines is 2. The second-order valence-electron chi connectivity index (χ2n) is 7.11. The first-order valence-electron chi connectivity index (χ1n) is 9.44. The van der Waals surface area contributed by atoms with Gasteiger partial charge in [-0.3, -0.25) is 14.4 Å². The number of rotatable bonds is 7. The number of fused-ring (bicyclic) bond motifs is 1. The molecule has 146 valence electrons. The van der Waals surface area contributed by atoms with Gasteiger partial charge in [-0.1, -0.05) is 37.3 Å².